The van der Waals surface area contributed by atoms with Gasteiger partial charge in [-0.25, -0.2) is 4.98 Å². The number of nitrogens with zero attached hydrogens (tertiary/aromatic N) is 2. The lowest BCUT2D eigenvalue weighted by atomic mass is 10.1. The minimum absolute atomic E-state index is 0.700. The van der Waals surface area contributed by atoms with Gasteiger partial charge in [-0.05, 0) is 49.7 Å². The molecule has 0 bridgehead atoms. The number of aromatic nitrogens is 1. The molecule has 0 fully saturated rings. The zero-order valence-electron chi connectivity index (χ0n) is 11.4. The molecule has 0 atom stereocenters. The third kappa shape index (κ3) is 2.54. The van der Waals surface area contributed by atoms with Crippen molar-refractivity contribution in [3.63, 3.8) is 0 Å². The first-order valence-corrected chi connectivity index (χ1v) is 6.43. The van der Waals surface area contributed by atoms with Gasteiger partial charge in [0.1, 0.15) is 11.6 Å². The number of fused-ring (bicyclic) bond motifs is 1. The summed E-state index contributed by atoms with van der Waals surface area (Å²) in [6, 6.07) is 11.9. The zero-order valence-corrected chi connectivity index (χ0v) is 11.4. The number of hydrogen-bond acceptors (Lipinski definition) is 4. The van der Waals surface area contributed by atoms with Gasteiger partial charge in [0.05, 0.1) is 18.0 Å². The van der Waals surface area contributed by atoms with Crippen molar-refractivity contribution >= 4 is 22.9 Å². The Kier molecular flexibility index (Phi) is 3.21. The highest BCUT2D eigenvalue weighted by Gasteiger charge is 2.02. The van der Waals surface area contributed by atoms with E-state index in [1.54, 1.807) is 12.5 Å². The Morgan fingerprint density at radius 2 is 2.10 bits per heavy atom. The molecule has 0 spiro atoms. The van der Waals surface area contributed by atoms with Crippen molar-refractivity contribution in [3.05, 3.63) is 59.5 Å². The fraction of sp³-hybridized carbons (Fsp3) is 0.125. The maximum absolute atomic E-state index is 5.17. The molecule has 0 unspecified atom stereocenters. The molecule has 0 saturated carbocycles. The van der Waals surface area contributed by atoms with Crippen LogP contribution in [0.25, 0.3) is 10.9 Å². The van der Waals surface area contributed by atoms with E-state index < -0.39 is 0 Å². The summed E-state index contributed by atoms with van der Waals surface area (Å²) in [5.74, 6) is 1.42. The summed E-state index contributed by atoms with van der Waals surface area (Å²) in [4.78, 5) is 4.54. The number of aryl methyl sites for hydroxylation is 2. The molecule has 0 aliphatic rings. The van der Waals surface area contributed by atoms with Crippen LogP contribution in [0, 0.1) is 13.8 Å². The maximum Gasteiger partial charge on any atom is 0.147 e. The second kappa shape index (κ2) is 5.17. The third-order valence-electron chi connectivity index (χ3n) is 3.09. The smallest absolute Gasteiger partial charge is 0.147 e. The van der Waals surface area contributed by atoms with E-state index in [1.807, 2.05) is 24.3 Å². The summed E-state index contributed by atoms with van der Waals surface area (Å²) in [5, 5.41) is 5.29. The van der Waals surface area contributed by atoms with Crippen molar-refractivity contribution in [2.24, 2.45) is 5.10 Å². The SMILES string of the molecule is Cc1ccc2nc(N/N=C/c3ccco3)cc(C)c2c1. The van der Waals surface area contributed by atoms with Crippen LogP contribution in [0.3, 0.4) is 0 Å². The molecule has 2 heterocycles. The summed E-state index contributed by atoms with van der Waals surface area (Å²) >= 11 is 0. The number of rotatable bonds is 3. The van der Waals surface area contributed by atoms with Crippen LogP contribution < -0.4 is 5.43 Å². The Hall–Kier alpha value is -2.62. The lowest BCUT2D eigenvalue weighted by Crippen LogP contribution is -1.95. The molecule has 100 valence electrons. The predicted molar refractivity (Wildman–Crippen MR) is 81.1 cm³/mol. The third-order valence-corrected chi connectivity index (χ3v) is 3.09. The second-order valence-electron chi connectivity index (χ2n) is 4.73. The summed E-state index contributed by atoms with van der Waals surface area (Å²) in [6.45, 7) is 4.16. The van der Waals surface area contributed by atoms with Crippen molar-refractivity contribution in [2.75, 3.05) is 5.43 Å². The van der Waals surface area contributed by atoms with E-state index in [2.05, 4.69) is 41.5 Å². The van der Waals surface area contributed by atoms with E-state index in [-0.39, 0.29) is 0 Å². The van der Waals surface area contributed by atoms with Gasteiger partial charge >= 0.3 is 0 Å². The van der Waals surface area contributed by atoms with Gasteiger partial charge < -0.3 is 4.42 Å². The Labute approximate surface area is 117 Å². The Morgan fingerprint density at radius 3 is 2.90 bits per heavy atom. The van der Waals surface area contributed by atoms with Crippen LogP contribution in [0.2, 0.25) is 0 Å². The van der Waals surface area contributed by atoms with Crippen molar-refractivity contribution in [3.8, 4) is 0 Å². The number of nitrogens with one attached hydrogen (secondary N) is 1. The van der Waals surface area contributed by atoms with Crippen LogP contribution in [0.1, 0.15) is 16.9 Å². The molecule has 0 aliphatic heterocycles. The molecule has 0 saturated heterocycles. The van der Waals surface area contributed by atoms with Crippen LogP contribution in [-0.2, 0) is 0 Å². The van der Waals surface area contributed by atoms with Crippen molar-refractivity contribution in [1.29, 1.82) is 0 Å². The highest BCUT2D eigenvalue weighted by molar-refractivity contribution is 5.84. The van der Waals surface area contributed by atoms with E-state index in [0.717, 1.165) is 11.3 Å². The van der Waals surface area contributed by atoms with Gasteiger partial charge in [-0.15, -0.1) is 0 Å². The molecule has 4 heteroatoms. The number of hydrazone groups is 1. The molecule has 20 heavy (non-hydrogen) atoms. The number of hydrogen-bond donors (Lipinski definition) is 1. The molecule has 0 amide bonds. The van der Waals surface area contributed by atoms with Gasteiger partial charge in [-0.3, -0.25) is 5.43 Å². The molecular weight excluding hydrogens is 250 g/mol. The lowest BCUT2D eigenvalue weighted by Gasteiger charge is -2.06. The van der Waals surface area contributed by atoms with E-state index in [4.69, 9.17) is 4.42 Å². The monoisotopic (exact) mass is 265 g/mol. The van der Waals surface area contributed by atoms with Gasteiger partial charge in [0.15, 0.2) is 0 Å². The average molecular weight is 265 g/mol. The van der Waals surface area contributed by atoms with Crippen molar-refractivity contribution < 1.29 is 4.42 Å². The maximum atomic E-state index is 5.17. The fourth-order valence-corrected chi connectivity index (χ4v) is 2.09. The first-order valence-electron chi connectivity index (χ1n) is 6.43. The van der Waals surface area contributed by atoms with Crippen LogP contribution >= 0.6 is 0 Å². The van der Waals surface area contributed by atoms with Gasteiger partial charge in [-0.1, -0.05) is 11.6 Å². The van der Waals surface area contributed by atoms with E-state index >= 15 is 0 Å². The van der Waals surface area contributed by atoms with Gasteiger partial charge in [0, 0.05) is 5.39 Å². The Morgan fingerprint density at radius 1 is 1.20 bits per heavy atom. The molecule has 4 nitrogen and oxygen atoms in total. The van der Waals surface area contributed by atoms with Gasteiger partial charge in [0.25, 0.3) is 0 Å². The van der Waals surface area contributed by atoms with Crippen LogP contribution in [-0.4, -0.2) is 11.2 Å². The first-order chi connectivity index (χ1) is 9.72. The lowest BCUT2D eigenvalue weighted by molar-refractivity contribution is 0.560. The van der Waals surface area contributed by atoms with Crippen LogP contribution in [0.15, 0.2) is 52.2 Å². The second-order valence-corrected chi connectivity index (χ2v) is 4.73. The predicted octanol–water partition coefficient (Wildman–Crippen LogP) is 3.89. The minimum atomic E-state index is 0.700. The largest absolute Gasteiger partial charge is 0.463 e. The Balaban J connectivity index is 1.87. The summed E-state index contributed by atoms with van der Waals surface area (Å²) in [6.07, 6.45) is 3.23. The van der Waals surface area contributed by atoms with Crippen molar-refractivity contribution in [1.82, 2.24) is 4.98 Å². The highest BCUT2D eigenvalue weighted by Crippen LogP contribution is 2.21. The number of furan rings is 1. The molecule has 0 aliphatic carbocycles. The van der Waals surface area contributed by atoms with Gasteiger partial charge in [-0.2, -0.15) is 5.10 Å². The topological polar surface area (TPSA) is 50.4 Å². The normalized spacial score (nSPS) is 11.3. The van der Waals surface area contributed by atoms with E-state index in [9.17, 15) is 0 Å². The van der Waals surface area contributed by atoms with E-state index in [0.29, 0.717) is 5.76 Å². The minimum Gasteiger partial charge on any atom is -0.463 e. The summed E-state index contributed by atoms with van der Waals surface area (Å²) in [5.41, 5.74) is 6.30. The van der Waals surface area contributed by atoms with Gasteiger partial charge in [0.2, 0.25) is 0 Å². The van der Waals surface area contributed by atoms with E-state index in [1.165, 1.54) is 16.5 Å². The van der Waals surface area contributed by atoms with Crippen LogP contribution in [0.4, 0.5) is 5.82 Å². The zero-order chi connectivity index (χ0) is 13.9. The van der Waals surface area contributed by atoms with Crippen molar-refractivity contribution in [2.45, 2.75) is 13.8 Å². The summed E-state index contributed by atoms with van der Waals surface area (Å²) < 4.78 is 5.17. The number of benzene rings is 1. The quantitative estimate of drug-likeness (QED) is 0.577. The molecule has 0 radical (unpaired) electrons. The number of anilines is 1. The first kappa shape index (κ1) is 12.4. The molecule has 1 aromatic carbocycles. The highest BCUT2D eigenvalue weighted by atomic mass is 16.3. The molecular formula is C16H15N3O. The van der Waals surface area contributed by atoms with Crippen LogP contribution in [0.5, 0.6) is 0 Å². The Bertz CT molecular complexity index is 761. The molecule has 2 aromatic heterocycles. The average Bonchev–Trinajstić information content (AvgIpc) is 2.93. The molecule has 3 rings (SSSR count). The summed E-state index contributed by atoms with van der Waals surface area (Å²) in [7, 11) is 0. The standard InChI is InChI=1S/C16H15N3O/c1-11-5-6-15-14(8-11)12(2)9-16(18-15)19-17-10-13-4-3-7-20-13/h3-10H,1-2H3,(H,18,19)/b17-10+. The molecule has 1 N–H and O–H groups in total. The fourth-order valence-electron chi connectivity index (χ4n) is 2.09. The number of pyridine rings is 1. The molecule has 3 aromatic rings.